The Bertz CT molecular complexity index is 1020. The Labute approximate surface area is 171 Å². The molecule has 1 aromatic heterocycles. The first-order valence-electron chi connectivity index (χ1n) is 9.01. The van der Waals surface area contributed by atoms with Crippen molar-refractivity contribution in [3.63, 3.8) is 0 Å². The maximum Gasteiger partial charge on any atom is 0.267 e. The van der Waals surface area contributed by atoms with Crippen molar-refractivity contribution < 1.29 is 24.1 Å². The molecular weight excluding hydrogens is 392 g/mol. The van der Waals surface area contributed by atoms with Crippen LogP contribution in [0.2, 0.25) is 0 Å². The molecule has 8 heteroatoms. The lowest BCUT2D eigenvalue weighted by Gasteiger charge is -2.17. The van der Waals surface area contributed by atoms with E-state index in [1.54, 1.807) is 37.6 Å². The van der Waals surface area contributed by atoms with Crippen LogP contribution in [-0.4, -0.2) is 22.8 Å². The van der Waals surface area contributed by atoms with E-state index in [1.807, 2.05) is 24.3 Å². The number of nitrogens with zero attached hydrogens (tertiary/aromatic N) is 1. The molecule has 7 nitrogen and oxygen atoms in total. The molecule has 0 aliphatic carbocycles. The predicted molar refractivity (Wildman–Crippen MR) is 108 cm³/mol. The summed E-state index contributed by atoms with van der Waals surface area (Å²) in [5.41, 5.74) is 2.41. The summed E-state index contributed by atoms with van der Waals surface area (Å²) in [6, 6.07) is 12.6. The molecule has 0 saturated heterocycles. The molecule has 1 aliphatic heterocycles. The van der Waals surface area contributed by atoms with E-state index in [2.05, 4.69) is 10.3 Å². The third-order valence-corrected chi connectivity index (χ3v) is 5.22. The second kappa shape index (κ2) is 7.73. The molecule has 29 heavy (non-hydrogen) atoms. The standard InChI is InChI=1S/C21H20N2O5S/c1-21(2,25)14-5-3-13(4-6-14)10-22-19(24)18-20(23-11-29-18)28-15-7-8-16-17(9-15)27-12-26-16/h3-9,11,25H,10,12H2,1-2H3,(H,22,24). The lowest BCUT2D eigenvalue weighted by atomic mass is 9.97. The maximum atomic E-state index is 12.6. The third-order valence-electron chi connectivity index (χ3n) is 4.41. The van der Waals surface area contributed by atoms with Crippen LogP contribution in [0, 0.1) is 0 Å². The van der Waals surface area contributed by atoms with E-state index in [-0.39, 0.29) is 18.6 Å². The second-order valence-electron chi connectivity index (χ2n) is 7.04. The van der Waals surface area contributed by atoms with E-state index in [0.717, 1.165) is 11.1 Å². The molecule has 0 spiro atoms. The zero-order valence-corrected chi connectivity index (χ0v) is 16.8. The van der Waals surface area contributed by atoms with Crippen molar-refractivity contribution in [2.45, 2.75) is 26.0 Å². The van der Waals surface area contributed by atoms with Gasteiger partial charge in [-0.1, -0.05) is 24.3 Å². The van der Waals surface area contributed by atoms with Crippen LogP contribution in [0.15, 0.2) is 48.0 Å². The van der Waals surface area contributed by atoms with E-state index in [1.165, 1.54) is 11.3 Å². The number of rotatable bonds is 6. The van der Waals surface area contributed by atoms with E-state index >= 15 is 0 Å². The predicted octanol–water partition coefficient (Wildman–Crippen LogP) is 3.82. The Morgan fingerprint density at radius 1 is 1.21 bits per heavy atom. The molecule has 4 rings (SSSR count). The number of aliphatic hydroxyl groups is 1. The van der Waals surface area contributed by atoms with Gasteiger partial charge in [0.2, 0.25) is 12.7 Å². The van der Waals surface area contributed by atoms with Gasteiger partial charge in [0.1, 0.15) is 5.75 Å². The number of hydrogen-bond acceptors (Lipinski definition) is 7. The Balaban J connectivity index is 1.40. The van der Waals surface area contributed by atoms with Gasteiger partial charge in [-0.05, 0) is 37.1 Å². The molecule has 3 aromatic rings. The van der Waals surface area contributed by atoms with Gasteiger partial charge in [-0.25, -0.2) is 4.98 Å². The number of aromatic nitrogens is 1. The fraction of sp³-hybridized carbons (Fsp3) is 0.238. The first-order chi connectivity index (χ1) is 13.9. The molecule has 0 bridgehead atoms. The smallest absolute Gasteiger partial charge is 0.267 e. The summed E-state index contributed by atoms with van der Waals surface area (Å²) in [5.74, 6) is 1.73. The Hall–Kier alpha value is -3.10. The molecule has 0 fully saturated rings. The molecule has 0 radical (unpaired) electrons. The number of benzene rings is 2. The highest BCUT2D eigenvalue weighted by Crippen LogP contribution is 2.37. The summed E-state index contributed by atoms with van der Waals surface area (Å²) in [6.45, 7) is 4.00. The van der Waals surface area contributed by atoms with Crippen LogP contribution in [0.4, 0.5) is 0 Å². The molecule has 2 aromatic carbocycles. The van der Waals surface area contributed by atoms with Crippen molar-refractivity contribution in [3.05, 3.63) is 64.0 Å². The Morgan fingerprint density at radius 2 is 1.97 bits per heavy atom. The number of thiazole rings is 1. The molecule has 0 saturated carbocycles. The van der Waals surface area contributed by atoms with Gasteiger partial charge >= 0.3 is 0 Å². The fourth-order valence-electron chi connectivity index (χ4n) is 2.80. The highest BCUT2D eigenvalue weighted by molar-refractivity contribution is 7.12. The summed E-state index contributed by atoms with van der Waals surface area (Å²) in [5, 5.41) is 12.9. The van der Waals surface area contributed by atoms with E-state index < -0.39 is 5.60 Å². The summed E-state index contributed by atoms with van der Waals surface area (Å²) >= 11 is 1.21. The normalized spacial score (nSPS) is 12.7. The van der Waals surface area contributed by atoms with Gasteiger partial charge in [0, 0.05) is 12.6 Å². The fourth-order valence-corrected chi connectivity index (χ4v) is 3.43. The Kier molecular flexibility index (Phi) is 5.12. The average Bonchev–Trinajstić information content (AvgIpc) is 3.34. The molecule has 2 N–H and O–H groups in total. The number of ether oxygens (including phenoxy) is 3. The molecule has 0 atom stereocenters. The van der Waals surface area contributed by atoms with E-state index in [9.17, 15) is 9.90 Å². The van der Waals surface area contributed by atoms with Gasteiger partial charge < -0.3 is 24.6 Å². The van der Waals surface area contributed by atoms with Crippen LogP contribution < -0.4 is 19.5 Å². The van der Waals surface area contributed by atoms with E-state index in [4.69, 9.17) is 14.2 Å². The first-order valence-corrected chi connectivity index (χ1v) is 9.89. The van der Waals surface area contributed by atoms with Crippen molar-refractivity contribution in [3.8, 4) is 23.1 Å². The average molecular weight is 412 g/mol. The largest absolute Gasteiger partial charge is 0.454 e. The van der Waals surface area contributed by atoms with Crippen molar-refractivity contribution in [2.24, 2.45) is 0 Å². The van der Waals surface area contributed by atoms with Gasteiger partial charge in [0.15, 0.2) is 16.4 Å². The second-order valence-corrected chi connectivity index (χ2v) is 7.90. The number of fused-ring (bicyclic) bond motifs is 1. The number of carbonyl (C=O) groups excluding carboxylic acids is 1. The minimum absolute atomic E-state index is 0.180. The van der Waals surface area contributed by atoms with Crippen LogP contribution in [-0.2, 0) is 12.1 Å². The number of hydrogen-bond donors (Lipinski definition) is 2. The van der Waals surface area contributed by atoms with Crippen LogP contribution in [0.25, 0.3) is 0 Å². The maximum absolute atomic E-state index is 12.6. The van der Waals surface area contributed by atoms with Gasteiger partial charge in [0.25, 0.3) is 5.91 Å². The number of nitrogens with one attached hydrogen (secondary N) is 1. The van der Waals surface area contributed by atoms with Gasteiger partial charge in [-0.15, -0.1) is 11.3 Å². The third kappa shape index (κ3) is 4.33. The molecular formula is C21H20N2O5S. The SMILES string of the molecule is CC(C)(O)c1ccc(CNC(=O)c2scnc2Oc2ccc3c(c2)OCO3)cc1. The van der Waals surface area contributed by atoms with Crippen molar-refractivity contribution in [1.82, 2.24) is 10.3 Å². The highest BCUT2D eigenvalue weighted by Gasteiger charge is 2.19. The lowest BCUT2D eigenvalue weighted by Crippen LogP contribution is -2.22. The summed E-state index contributed by atoms with van der Waals surface area (Å²) < 4.78 is 16.4. The van der Waals surface area contributed by atoms with Crippen molar-refractivity contribution >= 4 is 17.2 Å². The molecule has 0 unspecified atom stereocenters. The van der Waals surface area contributed by atoms with Gasteiger partial charge in [0.05, 0.1) is 11.1 Å². The minimum Gasteiger partial charge on any atom is -0.454 e. The lowest BCUT2D eigenvalue weighted by molar-refractivity contribution is 0.0785. The summed E-state index contributed by atoms with van der Waals surface area (Å²) in [6.07, 6.45) is 0. The number of carbonyl (C=O) groups is 1. The van der Waals surface area contributed by atoms with Crippen LogP contribution in [0.5, 0.6) is 23.1 Å². The monoisotopic (exact) mass is 412 g/mol. The first kappa shape index (κ1) is 19.2. The van der Waals surface area contributed by atoms with E-state index in [0.29, 0.717) is 28.7 Å². The molecule has 150 valence electrons. The van der Waals surface area contributed by atoms with Gasteiger partial charge in [-0.2, -0.15) is 0 Å². The van der Waals surface area contributed by atoms with Crippen LogP contribution in [0.1, 0.15) is 34.6 Å². The topological polar surface area (TPSA) is 89.9 Å². The van der Waals surface area contributed by atoms with Crippen molar-refractivity contribution in [2.75, 3.05) is 6.79 Å². The zero-order chi connectivity index (χ0) is 20.4. The minimum atomic E-state index is -0.897. The highest BCUT2D eigenvalue weighted by atomic mass is 32.1. The van der Waals surface area contributed by atoms with Gasteiger partial charge in [-0.3, -0.25) is 4.79 Å². The van der Waals surface area contributed by atoms with Crippen LogP contribution in [0.3, 0.4) is 0 Å². The quantitative estimate of drug-likeness (QED) is 0.640. The van der Waals surface area contributed by atoms with Crippen LogP contribution >= 0.6 is 11.3 Å². The van der Waals surface area contributed by atoms with Crippen molar-refractivity contribution in [1.29, 1.82) is 0 Å². The Morgan fingerprint density at radius 3 is 2.72 bits per heavy atom. The molecule has 1 amide bonds. The molecule has 2 heterocycles. The summed E-state index contributed by atoms with van der Waals surface area (Å²) in [7, 11) is 0. The zero-order valence-electron chi connectivity index (χ0n) is 16.0. The summed E-state index contributed by atoms with van der Waals surface area (Å²) in [4.78, 5) is 17.1. The number of amides is 1. The molecule has 1 aliphatic rings.